The number of nitrogens with zero attached hydrogens (tertiary/aromatic N) is 1. The Morgan fingerprint density at radius 3 is 2.75 bits per heavy atom. The van der Waals surface area contributed by atoms with Crippen LogP contribution in [0.2, 0.25) is 0 Å². The lowest BCUT2D eigenvalue weighted by Crippen LogP contribution is -2.42. The number of hydrogen-bond donors (Lipinski definition) is 4. The van der Waals surface area contributed by atoms with Crippen molar-refractivity contribution in [1.82, 2.24) is 15.3 Å². The predicted molar refractivity (Wildman–Crippen MR) is 139 cm³/mol. The Bertz CT molecular complexity index is 1160. The number of nitrogen functional groups attached to an aromatic ring is 1. The molecule has 196 valence electrons. The second-order valence-electron chi connectivity index (χ2n) is 8.13. The van der Waals surface area contributed by atoms with Crippen LogP contribution in [0.3, 0.4) is 0 Å². The molecule has 0 saturated carbocycles. The number of aryl methyl sites for hydroxylation is 2. The highest BCUT2D eigenvalue weighted by Crippen LogP contribution is 2.34. The molecule has 5 N–H and O–H groups in total. The summed E-state index contributed by atoms with van der Waals surface area (Å²) >= 11 is 2.83. The number of ether oxygens (including phenoxy) is 2. The molecule has 2 atom stereocenters. The van der Waals surface area contributed by atoms with Crippen molar-refractivity contribution in [1.29, 1.82) is 0 Å². The van der Waals surface area contributed by atoms with E-state index in [2.05, 4.69) is 20.6 Å². The van der Waals surface area contributed by atoms with Crippen molar-refractivity contribution in [2.75, 3.05) is 30.8 Å². The summed E-state index contributed by atoms with van der Waals surface area (Å²) in [6.07, 6.45) is 1.60. The highest BCUT2D eigenvalue weighted by atomic mass is 32.2. The van der Waals surface area contributed by atoms with Gasteiger partial charge in [-0.3, -0.25) is 19.4 Å². The second kappa shape index (κ2) is 12.8. The summed E-state index contributed by atoms with van der Waals surface area (Å²) in [6, 6.07) is 0.847. The molecule has 0 aromatic carbocycles. The number of rotatable bonds is 11. The zero-order valence-corrected chi connectivity index (χ0v) is 22.1. The Kier molecular flexibility index (Phi) is 9.76. The molecule has 0 spiro atoms. The summed E-state index contributed by atoms with van der Waals surface area (Å²) in [4.78, 5) is 57.9. The summed E-state index contributed by atoms with van der Waals surface area (Å²) in [5, 5.41) is 6.02. The van der Waals surface area contributed by atoms with Crippen molar-refractivity contribution in [2.24, 2.45) is 0 Å². The number of nitrogens with one attached hydrogen (secondary N) is 3. The Hall–Kier alpha value is -3.06. The van der Waals surface area contributed by atoms with Gasteiger partial charge in [0, 0.05) is 23.1 Å². The Balaban J connectivity index is 1.60. The number of fused-ring (bicyclic) bond motifs is 1. The van der Waals surface area contributed by atoms with Gasteiger partial charge in [-0.1, -0.05) is 0 Å². The molecule has 0 radical (unpaired) electrons. The average Bonchev–Trinajstić information content (AvgIpc) is 3.21. The Morgan fingerprint density at radius 2 is 2.03 bits per heavy atom. The molecule has 2 aromatic rings. The normalized spacial score (nSPS) is 15.4. The first-order valence-electron chi connectivity index (χ1n) is 11.7. The number of thioether (sulfide) groups is 1. The smallest absolute Gasteiger partial charge is 0.328 e. The van der Waals surface area contributed by atoms with Crippen LogP contribution in [0.5, 0.6) is 0 Å². The molecule has 2 unspecified atom stereocenters. The van der Waals surface area contributed by atoms with E-state index in [4.69, 9.17) is 15.2 Å². The van der Waals surface area contributed by atoms with Crippen molar-refractivity contribution in [3.8, 4) is 0 Å². The van der Waals surface area contributed by atoms with Gasteiger partial charge in [0.05, 0.1) is 18.1 Å². The van der Waals surface area contributed by atoms with E-state index in [1.807, 2.05) is 6.92 Å². The largest absolute Gasteiger partial charge is 0.466 e. The van der Waals surface area contributed by atoms with Crippen LogP contribution < -0.4 is 21.9 Å². The van der Waals surface area contributed by atoms with E-state index in [9.17, 15) is 19.2 Å². The maximum absolute atomic E-state index is 12.9. The fraction of sp³-hybridized carbons (Fsp3) is 0.522. The van der Waals surface area contributed by atoms with Gasteiger partial charge in [-0.25, -0.2) is 4.79 Å². The molecule has 0 aliphatic carbocycles. The number of carbonyl (C=O) groups is 3. The van der Waals surface area contributed by atoms with Gasteiger partial charge in [0.15, 0.2) is 0 Å². The second-order valence-corrected chi connectivity index (χ2v) is 10.6. The van der Waals surface area contributed by atoms with E-state index in [1.54, 1.807) is 19.9 Å². The first kappa shape index (κ1) is 27.5. The van der Waals surface area contributed by atoms with Gasteiger partial charge in [0.2, 0.25) is 5.95 Å². The minimum atomic E-state index is -0.946. The Labute approximate surface area is 216 Å². The van der Waals surface area contributed by atoms with Crippen LogP contribution in [-0.4, -0.2) is 58.9 Å². The number of nitrogens with two attached hydrogens (primary N) is 1. The molecule has 3 rings (SSSR count). The van der Waals surface area contributed by atoms with Crippen LogP contribution in [0.25, 0.3) is 0 Å². The number of carbonyl (C=O) groups excluding carboxylic acids is 3. The van der Waals surface area contributed by atoms with E-state index in [0.717, 1.165) is 23.3 Å². The van der Waals surface area contributed by atoms with Crippen molar-refractivity contribution in [3.05, 3.63) is 31.7 Å². The zero-order chi connectivity index (χ0) is 26.2. The molecule has 3 heterocycles. The molecule has 0 saturated heterocycles. The fourth-order valence-electron chi connectivity index (χ4n) is 3.68. The number of amides is 1. The lowest BCUT2D eigenvalue weighted by atomic mass is 10.1. The van der Waals surface area contributed by atoms with Crippen molar-refractivity contribution in [2.45, 2.75) is 62.6 Å². The lowest BCUT2D eigenvalue weighted by molar-refractivity contribution is -0.146. The third-order valence-corrected chi connectivity index (χ3v) is 8.08. The third kappa shape index (κ3) is 7.23. The average molecular weight is 538 g/mol. The summed E-state index contributed by atoms with van der Waals surface area (Å²) in [5.74, 6) is -0.834. The maximum atomic E-state index is 12.9. The van der Waals surface area contributed by atoms with Gasteiger partial charge >= 0.3 is 11.9 Å². The van der Waals surface area contributed by atoms with Gasteiger partial charge < -0.3 is 25.8 Å². The van der Waals surface area contributed by atoms with Crippen LogP contribution >= 0.6 is 23.1 Å². The molecule has 0 bridgehead atoms. The first-order chi connectivity index (χ1) is 17.2. The van der Waals surface area contributed by atoms with Crippen LogP contribution in [0.15, 0.2) is 15.8 Å². The predicted octanol–water partition coefficient (Wildman–Crippen LogP) is 2.25. The lowest BCUT2D eigenvalue weighted by Gasteiger charge is -2.24. The van der Waals surface area contributed by atoms with Crippen LogP contribution in [-0.2, 0) is 25.5 Å². The molecule has 1 aliphatic rings. The number of H-pyrrole nitrogens is 1. The maximum Gasteiger partial charge on any atom is 0.328 e. The molecule has 13 heteroatoms. The van der Waals surface area contributed by atoms with Gasteiger partial charge in [-0.2, -0.15) is 4.98 Å². The van der Waals surface area contributed by atoms with Crippen molar-refractivity contribution >= 4 is 52.7 Å². The van der Waals surface area contributed by atoms with Gasteiger partial charge in [0.1, 0.15) is 16.8 Å². The van der Waals surface area contributed by atoms with E-state index in [0.29, 0.717) is 22.1 Å². The van der Waals surface area contributed by atoms with Crippen LogP contribution in [0.1, 0.15) is 53.2 Å². The highest BCUT2D eigenvalue weighted by molar-refractivity contribution is 8.00. The molecular weight excluding hydrogens is 506 g/mol. The summed E-state index contributed by atoms with van der Waals surface area (Å²) in [7, 11) is 0. The van der Waals surface area contributed by atoms with E-state index < -0.39 is 23.9 Å². The molecule has 36 heavy (non-hydrogen) atoms. The molecule has 1 aliphatic heterocycles. The number of esters is 2. The fourth-order valence-corrected chi connectivity index (χ4v) is 5.89. The first-order valence-corrected chi connectivity index (χ1v) is 13.4. The minimum Gasteiger partial charge on any atom is -0.466 e. The van der Waals surface area contributed by atoms with Crippen LogP contribution in [0.4, 0.5) is 11.8 Å². The Morgan fingerprint density at radius 1 is 1.28 bits per heavy atom. The zero-order valence-electron chi connectivity index (χ0n) is 20.5. The van der Waals surface area contributed by atoms with Crippen LogP contribution in [0, 0.1) is 6.92 Å². The molecule has 1 amide bonds. The van der Waals surface area contributed by atoms with Gasteiger partial charge in [0.25, 0.3) is 11.5 Å². The number of aromatic nitrogens is 2. The van der Waals surface area contributed by atoms with E-state index >= 15 is 0 Å². The monoisotopic (exact) mass is 537 g/mol. The summed E-state index contributed by atoms with van der Waals surface area (Å²) in [5.41, 5.74) is 6.32. The number of thiophene rings is 1. The molecule has 2 aromatic heterocycles. The van der Waals surface area contributed by atoms with Crippen molar-refractivity contribution < 1.29 is 23.9 Å². The standard InChI is InChI=1S/C23H31N5O6S2/c1-4-33-17(29)9-7-14(22(32)34-5-2)26-20(30)16-10-12(3)15(36-16)8-6-13-11-25-19-18(35-13)21(31)28-23(24)27-19/h10,13-14H,4-9,11H2,1-3H3,(H,26,30)(H4,24,25,27,28,31). The summed E-state index contributed by atoms with van der Waals surface area (Å²) in [6.45, 7) is 6.38. The number of anilines is 2. The van der Waals surface area contributed by atoms with Gasteiger partial charge in [-0.15, -0.1) is 23.1 Å². The van der Waals surface area contributed by atoms with E-state index in [-0.39, 0.29) is 42.8 Å². The molecule has 0 fully saturated rings. The SMILES string of the molecule is CCOC(=O)CCC(NC(=O)c1cc(C)c(CCC2CNc3nc(N)[nH]c(=O)c3S2)s1)C(=O)OCC. The van der Waals surface area contributed by atoms with E-state index in [1.165, 1.54) is 23.1 Å². The van der Waals surface area contributed by atoms with Gasteiger partial charge in [-0.05, 0) is 51.7 Å². The summed E-state index contributed by atoms with van der Waals surface area (Å²) < 4.78 is 9.97. The van der Waals surface area contributed by atoms with Crippen molar-refractivity contribution in [3.63, 3.8) is 0 Å². The number of aromatic amines is 1. The molecule has 11 nitrogen and oxygen atoms in total. The molecular formula is C23H31N5O6S2. The topological polar surface area (TPSA) is 165 Å². The quantitative estimate of drug-likeness (QED) is 0.312. The number of hydrogen-bond acceptors (Lipinski definition) is 11. The third-order valence-electron chi connectivity index (χ3n) is 5.43. The highest BCUT2D eigenvalue weighted by Gasteiger charge is 2.26. The minimum absolute atomic E-state index is 0.00646.